The number of aromatic nitrogens is 1. The molecule has 1 aromatic heterocycles. The summed E-state index contributed by atoms with van der Waals surface area (Å²) in [7, 11) is 0. The number of nitrogens with two attached hydrogens (primary N) is 1. The van der Waals surface area contributed by atoms with Crippen molar-refractivity contribution in [1.82, 2.24) is 15.2 Å². The summed E-state index contributed by atoms with van der Waals surface area (Å²) >= 11 is 1.49. The van der Waals surface area contributed by atoms with Crippen LogP contribution in [0, 0.1) is 0 Å². The van der Waals surface area contributed by atoms with Gasteiger partial charge in [-0.05, 0) is 33.1 Å². The monoisotopic (exact) mass is 324 g/mol. The van der Waals surface area contributed by atoms with Gasteiger partial charge in [0.05, 0.1) is 5.01 Å². The van der Waals surface area contributed by atoms with Crippen molar-refractivity contribution in [3.05, 3.63) is 16.1 Å². The van der Waals surface area contributed by atoms with E-state index in [1.54, 1.807) is 10.3 Å². The van der Waals surface area contributed by atoms with Gasteiger partial charge in [0.25, 0.3) is 5.91 Å². The minimum absolute atomic E-state index is 0.0386. The van der Waals surface area contributed by atoms with Crippen LogP contribution in [0.4, 0.5) is 0 Å². The lowest BCUT2D eigenvalue weighted by atomic mass is 10.1. The highest BCUT2D eigenvalue weighted by atomic mass is 32.1. The molecule has 0 radical (unpaired) electrons. The number of thiazole rings is 1. The SMILES string of the molecule is CCCc1nc(C(=O)N2C[C@@H](N)C[C@H]2C(=O)NC(C)C)cs1. The third-order valence-electron chi connectivity index (χ3n) is 3.56. The molecule has 2 rings (SSSR count). The number of aryl methyl sites for hydroxylation is 1. The molecule has 2 atom stereocenters. The molecule has 2 amide bonds. The summed E-state index contributed by atoms with van der Waals surface area (Å²) in [5, 5.41) is 5.59. The Kier molecular flexibility index (Phi) is 5.52. The van der Waals surface area contributed by atoms with E-state index in [4.69, 9.17) is 5.73 Å². The molecule has 1 aliphatic rings. The lowest BCUT2D eigenvalue weighted by molar-refractivity contribution is -0.125. The van der Waals surface area contributed by atoms with Crippen LogP contribution >= 0.6 is 11.3 Å². The molecular weight excluding hydrogens is 300 g/mol. The standard InChI is InChI=1S/C15H24N4O2S/c1-4-5-13-18-11(8-22-13)15(21)19-7-10(16)6-12(19)14(20)17-9(2)3/h8-10,12H,4-7,16H2,1-3H3,(H,17,20)/t10-,12-/m0/s1. The lowest BCUT2D eigenvalue weighted by Gasteiger charge is -2.23. The van der Waals surface area contributed by atoms with Gasteiger partial charge in [-0.1, -0.05) is 6.92 Å². The summed E-state index contributed by atoms with van der Waals surface area (Å²) < 4.78 is 0. The van der Waals surface area contributed by atoms with Crippen molar-refractivity contribution in [1.29, 1.82) is 0 Å². The van der Waals surface area contributed by atoms with Gasteiger partial charge in [-0.2, -0.15) is 0 Å². The first kappa shape index (κ1) is 16.9. The van der Waals surface area contributed by atoms with E-state index < -0.39 is 6.04 Å². The first-order valence-electron chi connectivity index (χ1n) is 7.73. The van der Waals surface area contributed by atoms with Crippen molar-refractivity contribution in [2.24, 2.45) is 5.73 Å². The predicted molar refractivity (Wildman–Crippen MR) is 86.8 cm³/mol. The topological polar surface area (TPSA) is 88.3 Å². The van der Waals surface area contributed by atoms with Gasteiger partial charge in [-0.3, -0.25) is 9.59 Å². The van der Waals surface area contributed by atoms with E-state index in [9.17, 15) is 9.59 Å². The van der Waals surface area contributed by atoms with E-state index in [2.05, 4.69) is 17.2 Å². The highest BCUT2D eigenvalue weighted by Crippen LogP contribution is 2.21. The van der Waals surface area contributed by atoms with Crippen LogP contribution in [-0.2, 0) is 11.2 Å². The fourth-order valence-electron chi connectivity index (χ4n) is 2.61. The van der Waals surface area contributed by atoms with E-state index in [1.165, 1.54) is 11.3 Å². The second-order valence-corrected chi connectivity index (χ2v) is 6.95. The fraction of sp³-hybridized carbons (Fsp3) is 0.667. The molecule has 0 aliphatic carbocycles. The van der Waals surface area contributed by atoms with Crippen LogP contribution in [0.1, 0.15) is 49.1 Å². The van der Waals surface area contributed by atoms with E-state index in [0.717, 1.165) is 17.8 Å². The van der Waals surface area contributed by atoms with Gasteiger partial charge in [0.1, 0.15) is 11.7 Å². The van der Waals surface area contributed by atoms with Crippen molar-refractivity contribution < 1.29 is 9.59 Å². The van der Waals surface area contributed by atoms with Crippen LogP contribution < -0.4 is 11.1 Å². The quantitative estimate of drug-likeness (QED) is 0.851. The summed E-state index contributed by atoms with van der Waals surface area (Å²) in [6.07, 6.45) is 2.36. The number of rotatable bonds is 5. The summed E-state index contributed by atoms with van der Waals surface area (Å²) in [4.78, 5) is 30.9. The largest absolute Gasteiger partial charge is 0.352 e. The highest BCUT2D eigenvalue weighted by Gasteiger charge is 2.39. The molecule has 0 saturated carbocycles. The molecule has 1 aliphatic heterocycles. The van der Waals surface area contributed by atoms with Crippen LogP contribution in [0.25, 0.3) is 0 Å². The molecule has 1 saturated heterocycles. The lowest BCUT2D eigenvalue weighted by Crippen LogP contribution is -2.47. The second kappa shape index (κ2) is 7.19. The zero-order valence-electron chi connectivity index (χ0n) is 13.3. The van der Waals surface area contributed by atoms with Gasteiger partial charge >= 0.3 is 0 Å². The molecule has 7 heteroatoms. The molecule has 2 heterocycles. The normalized spacial score (nSPS) is 21.4. The fourth-order valence-corrected chi connectivity index (χ4v) is 3.48. The van der Waals surface area contributed by atoms with E-state index in [0.29, 0.717) is 18.7 Å². The molecule has 0 aromatic carbocycles. The Balaban J connectivity index is 2.13. The third-order valence-corrected chi connectivity index (χ3v) is 4.47. The zero-order valence-corrected chi connectivity index (χ0v) is 14.2. The number of nitrogens with zero attached hydrogens (tertiary/aromatic N) is 2. The molecule has 22 heavy (non-hydrogen) atoms. The average molecular weight is 324 g/mol. The number of carbonyl (C=O) groups is 2. The Hall–Kier alpha value is -1.47. The van der Waals surface area contributed by atoms with Crippen molar-refractivity contribution in [3.8, 4) is 0 Å². The number of hydrogen-bond acceptors (Lipinski definition) is 5. The molecule has 122 valence electrons. The minimum Gasteiger partial charge on any atom is -0.352 e. The van der Waals surface area contributed by atoms with Crippen LogP contribution in [0.3, 0.4) is 0 Å². The summed E-state index contributed by atoms with van der Waals surface area (Å²) in [6.45, 7) is 6.27. The minimum atomic E-state index is -0.499. The number of carbonyl (C=O) groups excluding carboxylic acids is 2. The maximum Gasteiger partial charge on any atom is 0.274 e. The van der Waals surface area contributed by atoms with Crippen molar-refractivity contribution in [2.45, 2.75) is 58.2 Å². The van der Waals surface area contributed by atoms with E-state index >= 15 is 0 Å². The number of hydrogen-bond donors (Lipinski definition) is 2. The number of likely N-dealkylation sites (tertiary alicyclic amines) is 1. The van der Waals surface area contributed by atoms with Gasteiger partial charge in [-0.15, -0.1) is 11.3 Å². The van der Waals surface area contributed by atoms with Gasteiger partial charge in [0.2, 0.25) is 5.91 Å². The molecule has 0 spiro atoms. The van der Waals surface area contributed by atoms with Crippen LogP contribution in [0.2, 0.25) is 0 Å². The maximum absolute atomic E-state index is 12.6. The van der Waals surface area contributed by atoms with E-state index in [-0.39, 0.29) is 23.9 Å². The summed E-state index contributed by atoms with van der Waals surface area (Å²) in [5.41, 5.74) is 6.38. The molecule has 0 bridgehead atoms. The second-order valence-electron chi connectivity index (χ2n) is 6.01. The van der Waals surface area contributed by atoms with Crippen LogP contribution in [-0.4, -0.2) is 46.4 Å². The van der Waals surface area contributed by atoms with Crippen molar-refractivity contribution >= 4 is 23.2 Å². The smallest absolute Gasteiger partial charge is 0.274 e. The molecule has 1 fully saturated rings. The number of nitrogens with one attached hydrogen (secondary N) is 1. The first-order valence-corrected chi connectivity index (χ1v) is 8.61. The maximum atomic E-state index is 12.6. The third kappa shape index (κ3) is 3.84. The van der Waals surface area contributed by atoms with E-state index in [1.807, 2.05) is 13.8 Å². The summed E-state index contributed by atoms with van der Waals surface area (Å²) in [5.74, 6) is -0.337. The summed E-state index contributed by atoms with van der Waals surface area (Å²) in [6, 6.07) is -0.626. The Morgan fingerprint density at radius 1 is 1.55 bits per heavy atom. The molecule has 0 unspecified atom stereocenters. The van der Waals surface area contributed by atoms with Crippen molar-refractivity contribution in [2.75, 3.05) is 6.54 Å². The van der Waals surface area contributed by atoms with Crippen LogP contribution in [0.15, 0.2) is 5.38 Å². The molecule has 3 N–H and O–H groups in total. The Morgan fingerprint density at radius 2 is 2.27 bits per heavy atom. The first-order chi connectivity index (χ1) is 10.4. The predicted octanol–water partition coefficient (Wildman–Crippen LogP) is 1.16. The average Bonchev–Trinajstić information content (AvgIpc) is 3.04. The van der Waals surface area contributed by atoms with Gasteiger partial charge < -0.3 is 16.0 Å². The van der Waals surface area contributed by atoms with Gasteiger partial charge in [0, 0.05) is 24.0 Å². The zero-order chi connectivity index (χ0) is 16.3. The van der Waals surface area contributed by atoms with Gasteiger partial charge in [0.15, 0.2) is 0 Å². The molecule has 6 nitrogen and oxygen atoms in total. The molecular formula is C15H24N4O2S. The van der Waals surface area contributed by atoms with Crippen molar-refractivity contribution in [3.63, 3.8) is 0 Å². The molecule has 1 aromatic rings. The highest BCUT2D eigenvalue weighted by molar-refractivity contribution is 7.09. The Bertz CT molecular complexity index is 543. The Labute approximate surface area is 135 Å². The Morgan fingerprint density at radius 3 is 2.91 bits per heavy atom. The van der Waals surface area contributed by atoms with Gasteiger partial charge in [-0.25, -0.2) is 4.98 Å². The number of amides is 2. The van der Waals surface area contributed by atoms with Crippen LogP contribution in [0.5, 0.6) is 0 Å².